The molecule has 1 amide bonds. The second-order valence-electron chi connectivity index (χ2n) is 6.64. The molecule has 0 spiro atoms. The van der Waals surface area contributed by atoms with E-state index >= 15 is 0 Å². The molecular weight excluding hydrogens is 330 g/mol. The van der Waals surface area contributed by atoms with E-state index in [2.05, 4.69) is 29.6 Å². The Bertz CT molecular complexity index is 756. The van der Waals surface area contributed by atoms with Crippen LogP contribution in [0.1, 0.15) is 18.4 Å². The van der Waals surface area contributed by atoms with Crippen LogP contribution in [0.2, 0.25) is 0 Å². The van der Waals surface area contributed by atoms with Gasteiger partial charge in [0.25, 0.3) is 5.69 Å². The Morgan fingerprint density at radius 1 is 1.08 bits per heavy atom. The van der Waals surface area contributed by atoms with Gasteiger partial charge in [-0.1, -0.05) is 42.5 Å². The normalized spacial score (nSPS) is 14.8. The number of para-hydroxylation sites is 2. The van der Waals surface area contributed by atoms with E-state index in [1.54, 1.807) is 18.2 Å². The highest BCUT2D eigenvalue weighted by Gasteiger charge is 2.23. The van der Waals surface area contributed by atoms with Gasteiger partial charge in [0.1, 0.15) is 5.69 Å². The minimum Gasteiger partial charge on any atom is -0.371 e. The quantitative estimate of drug-likeness (QED) is 0.637. The van der Waals surface area contributed by atoms with Gasteiger partial charge in [-0.25, -0.2) is 0 Å². The molecule has 1 saturated heterocycles. The van der Waals surface area contributed by atoms with Crippen LogP contribution < -0.4 is 5.32 Å². The molecule has 3 rings (SSSR count). The number of nitrogens with one attached hydrogen (secondary N) is 1. The molecule has 0 radical (unpaired) electrons. The first-order chi connectivity index (χ1) is 12.6. The van der Waals surface area contributed by atoms with Crippen LogP contribution in [0.25, 0.3) is 0 Å². The first-order valence-electron chi connectivity index (χ1n) is 8.92. The number of nitro benzene ring substituents is 1. The lowest BCUT2D eigenvalue weighted by molar-refractivity contribution is -0.383. The Balaban J connectivity index is 1.48. The van der Waals surface area contributed by atoms with E-state index in [-0.39, 0.29) is 18.1 Å². The van der Waals surface area contributed by atoms with E-state index in [0.717, 1.165) is 32.4 Å². The Morgan fingerprint density at radius 3 is 2.42 bits per heavy atom. The van der Waals surface area contributed by atoms with Crippen molar-refractivity contribution < 1.29 is 9.72 Å². The molecule has 1 aliphatic rings. The van der Waals surface area contributed by atoms with Crippen LogP contribution in [-0.4, -0.2) is 35.4 Å². The molecule has 0 saturated carbocycles. The van der Waals surface area contributed by atoms with Crippen LogP contribution in [0.15, 0.2) is 54.6 Å². The van der Waals surface area contributed by atoms with Crippen molar-refractivity contribution >= 4 is 17.3 Å². The summed E-state index contributed by atoms with van der Waals surface area (Å²) in [5.74, 6) is 0.589. The Kier molecular flexibility index (Phi) is 5.84. The third kappa shape index (κ3) is 4.59. The maximum absolute atomic E-state index is 12.4. The first-order valence-corrected chi connectivity index (χ1v) is 8.92. The largest absolute Gasteiger partial charge is 0.371 e. The summed E-state index contributed by atoms with van der Waals surface area (Å²) in [6, 6.07) is 16.8. The number of benzene rings is 2. The molecule has 0 atom stereocenters. The van der Waals surface area contributed by atoms with Crippen molar-refractivity contribution in [2.24, 2.45) is 5.92 Å². The summed E-state index contributed by atoms with van der Waals surface area (Å²) in [7, 11) is 0. The van der Waals surface area contributed by atoms with E-state index in [1.807, 2.05) is 11.0 Å². The van der Waals surface area contributed by atoms with Gasteiger partial charge in [0.15, 0.2) is 0 Å². The summed E-state index contributed by atoms with van der Waals surface area (Å²) in [6.07, 6.45) is 3.04. The Hall–Kier alpha value is -2.89. The van der Waals surface area contributed by atoms with Crippen molar-refractivity contribution in [3.63, 3.8) is 0 Å². The smallest absolute Gasteiger partial charge is 0.292 e. The van der Waals surface area contributed by atoms with Gasteiger partial charge in [0.05, 0.1) is 11.5 Å². The third-order valence-corrected chi connectivity index (χ3v) is 4.87. The number of piperidine rings is 1. The van der Waals surface area contributed by atoms with Gasteiger partial charge in [-0.15, -0.1) is 0 Å². The molecule has 2 aromatic rings. The molecule has 6 nitrogen and oxygen atoms in total. The summed E-state index contributed by atoms with van der Waals surface area (Å²) < 4.78 is 0. The SMILES string of the molecule is O=C(CNc1ccccc1[N+](=O)[O-])N1CCC(Cc2ccccc2)CC1. The topological polar surface area (TPSA) is 75.5 Å². The lowest BCUT2D eigenvalue weighted by atomic mass is 9.90. The van der Waals surface area contributed by atoms with E-state index in [0.29, 0.717) is 11.6 Å². The van der Waals surface area contributed by atoms with Crippen molar-refractivity contribution in [2.75, 3.05) is 25.0 Å². The highest BCUT2D eigenvalue weighted by Crippen LogP contribution is 2.24. The number of nitro groups is 1. The van der Waals surface area contributed by atoms with Gasteiger partial charge < -0.3 is 10.2 Å². The predicted octanol–water partition coefficient (Wildman–Crippen LogP) is 3.49. The number of likely N-dealkylation sites (tertiary alicyclic amines) is 1. The molecule has 0 bridgehead atoms. The standard InChI is InChI=1S/C20H23N3O3/c24-20(15-21-18-8-4-5-9-19(18)23(25)26)22-12-10-17(11-13-22)14-16-6-2-1-3-7-16/h1-9,17,21H,10-15H2. The van der Waals surface area contributed by atoms with Crippen LogP contribution in [-0.2, 0) is 11.2 Å². The maximum Gasteiger partial charge on any atom is 0.292 e. The van der Waals surface area contributed by atoms with E-state index in [4.69, 9.17) is 0 Å². The van der Waals surface area contributed by atoms with E-state index < -0.39 is 4.92 Å². The summed E-state index contributed by atoms with van der Waals surface area (Å²) in [6.45, 7) is 1.57. The van der Waals surface area contributed by atoms with Crippen molar-refractivity contribution in [3.8, 4) is 0 Å². The maximum atomic E-state index is 12.4. The monoisotopic (exact) mass is 353 g/mol. The van der Waals surface area contributed by atoms with Crippen molar-refractivity contribution in [1.29, 1.82) is 0 Å². The van der Waals surface area contributed by atoms with Crippen LogP contribution in [0, 0.1) is 16.0 Å². The van der Waals surface area contributed by atoms with Crippen molar-refractivity contribution in [3.05, 3.63) is 70.3 Å². The summed E-state index contributed by atoms with van der Waals surface area (Å²) in [4.78, 5) is 24.8. The van der Waals surface area contributed by atoms with Gasteiger partial charge in [-0.05, 0) is 36.8 Å². The van der Waals surface area contributed by atoms with Crippen LogP contribution >= 0.6 is 0 Å². The highest BCUT2D eigenvalue weighted by atomic mass is 16.6. The van der Waals surface area contributed by atoms with Crippen LogP contribution in [0.4, 0.5) is 11.4 Å². The number of carbonyl (C=O) groups is 1. The summed E-state index contributed by atoms with van der Waals surface area (Å²) in [5, 5.41) is 13.9. The fraction of sp³-hybridized carbons (Fsp3) is 0.350. The average molecular weight is 353 g/mol. The predicted molar refractivity (Wildman–Crippen MR) is 101 cm³/mol. The molecule has 1 fully saturated rings. The fourth-order valence-electron chi connectivity index (χ4n) is 3.40. The van der Waals surface area contributed by atoms with Gasteiger partial charge in [0.2, 0.25) is 5.91 Å². The van der Waals surface area contributed by atoms with Gasteiger partial charge >= 0.3 is 0 Å². The zero-order valence-corrected chi connectivity index (χ0v) is 14.6. The van der Waals surface area contributed by atoms with E-state index in [9.17, 15) is 14.9 Å². The molecule has 1 aliphatic heterocycles. The molecular formula is C20H23N3O3. The highest BCUT2D eigenvalue weighted by molar-refractivity contribution is 5.81. The summed E-state index contributed by atoms with van der Waals surface area (Å²) >= 11 is 0. The Morgan fingerprint density at radius 2 is 1.73 bits per heavy atom. The number of rotatable bonds is 6. The molecule has 26 heavy (non-hydrogen) atoms. The van der Waals surface area contributed by atoms with Gasteiger partial charge in [-0.2, -0.15) is 0 Å². The number of amides is 1. The lowest BCUT2D eigenvalue weighted by Crippen LogP contribution is -2.41. The minimum atomic E-state index is -0.443. The second kappa shape index (κ2) is 8.47. The third-order valence-electron chi connectivity index (χ3n) is 4.87. The number of carbonyl (C=O) groups excluding carboxylic acids is 1. The van der Waals surface area contributed by atoms with Crippen molar-refractivity contribution in [1.82, 2.24) is 4.90 Å². The Labute approximate surface area is 153 Å². The number of hydrogen-bond donors (Lipinski definition) is 1. The molecule has 0 aromatic heterocycles. The van der Waals surface area contributed by atoms with Crippen LogP contribution in [0.3, 0.4) is 0 Å². The number of hydrogen-bond acceptors (Lipinski definition) is 4. The van der Waals surface area contributed by atoms with Gasteiger partial charge in [0, 0.05) is 19.2 Å². The molecule has 2 aromatic carbocycles. The van der Waals surface area contributed by atoms with Crippen LogP contribution in [0.5, 0.6) is 0 Å². The zero-order valence-electron chi connectivity index (χ0n) is 14.6. The molecule has 1 heterocycles. The van der Waals surface area contributed by atoms with Crippen molar-refractivity contribution in [2.45, 2.75) is 19.3 Å². The lowest BCUT2D eigenvalue weighted by Gasteiger charge is -2.32. The molecule has 0 unspecified atom stereocenters. The average Bonchev–Trinajstić information content (AvgIpc) is 2.67. The van der Waals surface area contributed by atoms with E-state index in [1.165, 1.54) is 11.6 Å². The fourth-order valence-corrected chi connectivity index (χ4v) is 3.40. The second-order valence-corrected chi connectivity index (χ2v) is 6.64. The first kappa shape index (κ1) is 17.9. The molecule has 1 N–H and O–H groups in total. The number of nitrogens with zero attached hydrogens (tertiary/aromatic N) is 2. The molecule has 136 valence electrons. The minimum absolute atomic E-state index is 0.0122. The zero-order chi connectivity index (χ0) is 18.4. The number of anilines is 1. The summed E-state index contributed by atoms with van der Waals surface area (Å²) in [5.41, 5.74) is 1.71. The molecule has 6 heteroatoms. The van der Waals surface area contributed by atoms with Gasteiger partial charge in [-0.3, -0.25) is 14.9 Å². The molecule has 0 aliphatic carbocycles.